The zero-order valence-electron chi connectivity index (χ0n) is 9.59. The lowest BCUT2D eigenvalue weighted by atomic mass is 9.84. The monoisotopic (exact) mass is 257 g/mol. The zero-order chi connectivity index (χ0) is 11.5. The van der Waals surface area contributed by atoms with Crippen LogP contribution in [0.3, 0.4) is 0 Å². The fourth-order valence-corrected chi connectivity index (χ4v) is 5.16. The molecular weight excluding hydrogens is 238 g/mol. The summed E-state index contributed by atoms with van der Waals surface area (Å²) in [6.45, 7) is 2.21. The molecule has 1 aliphatic carbocycles. The largest absolute Gasteiger partial charge is 0.327 e. The van der Waals surface area contributed by atoms with Crippen LogP contribution in [0.25, 0.3) is 0 Å². The van der Waals surface area contributed by atoms with E-state index in [4.69, 9.17) is 5.73 Å². The first-order valence-electron chi connectivity index (χ1n) is 5.92. The number of rotatable bonds is 3. The molecule has 16 heavy (non-hydrogen) atoms. The van der Waals surface area contributed by atoms with Crippen molar-refractivity contribution < 1.29 is 4.21 Å². The van der Waals surface area contributed by atoms with Gasteiger partial charge in [-0.1, -0.05) is 19.4 Å². The van der Waals surface area contributed by atoms with Crippen LogP contribution in [-0.4, -0.2) is 15.5 Å². The SMILES string of the molecule is CCC1CCC(N)C(S(=O)c2cccs2)C1. The lowest BCUT2D eigenvalue weighted by molar-refractivity contribution is 0.324. The van der Waals surface area contributed by atoms with Crippen LogP contribution < -0.4 is 5.73 Å². The second kappa shape index (κ2) is 5.43. The lowest BCUT2D eigenvalue weighted by Gasteiger charge is -2.32. The van der Waals surface area contributed by atoms with Crippen molar-refractivity contribution in [3.8, 4) is 0 Å². The first-order valence-corrected chi connectivity index (χ1v) is 8.01. The third kappa shape index (κ3) is 2.55. The van der Waals surface area contributed by atoms with Crippen LogP contribution >= 0.6 is 11.3 Å². The molecule has 0 bridgehead atoms. The summed E-state index contributed by atoms with van der Waals surface area (Å²) in [6, 6.07) is 4.04. The molecule has 1 aromatic rings. The molecule has 0 aromatic carbocycles. The van der Waals surface area contributed by atoms with Crippen molar-refractivity contribution in [2.75, 3.05) is 0 Å². The van der Waals surface area contributed by atoms with Crippen LogP contribution in [0.5, 0.6) is 0 Å². The molecule has 4 atom stereocenters. The van der Waals surface area contributed by atoms with Crippen LogP contribution in [0.2, 0.25) is 0 Å². The molecule has 2 nitrogen and oxygen atoms in total. The third-order valence-electron chi connectivity index (χ3n) is 3.50. The standard InChI is InChI=1S/C12H19NOS2/c1-2-9-5-6-10(13)11(8-9)16(14)12-4-3-7-15-12/h3-4,7,9-11H,2,5-6,8,13H2,1H3. The van der Waals surface area contributed by atoms with Gasteiger partial charge in [-0.15, -0.1) is 11.3 Å². The van der Waals surface area contributed by atoms with Gasteiger partial charge in [0.15, 0.2) is 0 Å². The Kier molecular flexibility index (Phi) is 4.16. The Labute approximate surface area is 104 Å². The highest BCUT2D eigenvalue weighted by Crippen LogP contribution is 2.32. The minimum Gasteiger partial charge on any atom is -0.327 e. The highest BCUT2D eigenvalue weighted by atomic mass is 32.2. The van der Waals surface area contributed by atoms with Gasteiger partial charge in [0.05, 0.1) is 20.3 Å². The first-order chi connectivity index (χ1) is 7.72. The van der Waals surface area contributed by atoms with Crippen molar-refractivity contribution in [1.29, 1.82) is 0 Å². The van der Waals surface area contributed by atoms with Gasteiger partial charge in [-0.25, -0.2) is 0 Å². The molecule has 1 heterocycles. The van der Waals surface area contributed by atoms with Gasteiger partial charge in [0.25, 0.3) is 0 Å². The van der Waals surface area contributed by atoms with Gasteiger partial charge < -0.3 is 5.73 Å². The van der Waals surface area contributed by atoms with E-state index in [9.17, 15) is 4.21 Å². The van der Waals surface area contributed by atoms with Crippen molar-refractivity contribution in [3.63, 3.8) is 0 Å². The molecule has 0 saturated heterocycles. The number of hydrogen-bond acceptors (Lipinski definition) is 3. The Morgan fingerprint density at radius 3 is 3.00 bits per heavy atom. The minimum absolute atomic E-state index is 0.116. The number of nitrogens with two attached hydrogens (primary N) is 1. The minimum atomic E-state index is -0.898. The Balaban J connectivity index is 2.09. The fourth-order valence-electron chi connectivity index (χ4n) is 2.38. The van der Waals surface area contributed by atoms with Gasteiger partial charge in [-0.3, -0.25) is 4.21 Å². The quantitative estimate of drug-likeness (QED) is 0.905. The van der Waals surface area contributed by atoms with Crippen LogP contribution in [0.15, 0.2) is 21.7 Å². The van der Waals surface area contributed by atoms with Gasteiger partial charge in [-0.05, 0) is 36.6 Å². The summed E-state index contributed by atoms with van der Waals surface area (Å²) in [5, 5.41) is 2.15. The third-order valence-corrected chi connectivity index (χ3v) is 6.56. The highest BCUT2D eigenvalue weighted by Gasteiger charge is 2.32. The molecule has 0 amide bonds. The van der Waals surface area contributed by atoms with Crippen molar-refractivity contribution in [1.82, 2.24) is 0 Å². The topological polar surface area (TPSA) is 43.1 Å². The molecule has 0 spiro atoms. The smallest absolute Gasteiger partial charge is 0.0914 e. The van der Waals surface area contributed by atoms with E-state index in [0.717, 1.165) is 17.1 Å². The summed E-state index contributed by atoms with van der Waals surface area (Å²) < 4.78 is 13.4. The predicted molar refractivity (Wildman–Crippen MR) is 70.1 cm³/mol. The Bertz CT molecular complexity index is 350. The molecule has 2 N–H and O–H groups in total. The molecule has 1 aliphatic rings. The van der Waals surface area contributed by atoms with Crippen molar-refractivity contribution >= 4 is 22.1 Å². The molecule has 4 heteroatoms. The molecule has 1 saturated carbocycles. The molecule has 90 valence electrons. The summed E-state index contributed by atoms with van der Waals surface area (Å²) in [6.07, 6.45) is 4.45. The maximum atomic E-state index is 12.4. The number of thiophene rings is 1. The molecule has 1 fully saturated rings. The highest BCUT2D eigenvalue weighted by molar-refractivity contribution is 7.88. The van der Waals surface area contributed by atoms with Crippen molar-refractivity contribution in [3.05, 3.63) is 17.5 Å². The van der Waals surface area contributed by atoms with Gasteiger partial charge in [0.1, 0.15) is 0 Å². The van der Waals surface area contributed by atoms with E-state index in [1.54, 1.807) is 11.3 Å². The summed E-state index contributed by atoms with van der Waals surface area (Å²) in [5.74, 6) is 0.716. The van der Waals surface area contributed by atoms with Crippen LogP contribution in [-0.2, 0) is 10.8 Å². The molecule has 0 aliphatic heterocycles. The van der Waals surface area contributed by atoms with Crippen LogP contribution in [0.1, 0.15) is 32.6 Å². The average Bonchev–Trinajstić information content (AvgIpc) is 2.82. The van der Waals surface area contributed by atoms with E-state index in [1.165, 1.54) is 12.8 Å². The Morgan fingerprint density at radius 2 is 2.38 bits per heavy atom. The lowest BCUT2D eigenvalue weighted by Crippen LogP contribution is -2.42. The van der Waals surface area contributed by atoms with E-state index in [0.29, 0.717) is 5.92 Å². The van der Waals surface area contributed by atoms with E-state index in [-0.39, 0.29) is 11.3 Å². The summed E-state index contributed by atoms with van der Waals surface area (Å²) in [4.78, 5) is 0. The van der Waals surface area contributed by atoms with Gasteiger partial charge >= 0.3 is 0 Å². The fraction of sp³-hybridized carbons (Fsp3) is 0.667. The van der Waals surface area contributed by atoms with Crippen LogP contribution in [0.4, 0.5) is 0 Å². The van der Waals surface area contributed by atoms with Crippen molar-refractivity contribution in [2.45, 2.75) is 48.1 Å². The van der Waals surface area contributed by atoms with E-state index in [1.807, 2.05) is 17.5 Å². The first kappa shape index (κ1) is 12.3. The Hall–Kier alpha value is -0.190. The predicted octanol–water partition coefficient (Wildman–Crippen LogP) is 2.76. The summed E-state index contributed by atoms with van der Waals surface area (Å²) in [7, 11) is -0.898. The molecule has 4 unspecified atom stereocenters. The second-order valence-electron chi connectivity index (χ2n) is 4.52. The van der Waals surface area contributed by atoms with E-state index < -0.39 is 10.8 Å². The number of hydrogen-bond donors (Lipinski definition) is 1. The molecule has 2 rings (SSSR count). The second-order valence-corrected chi connectivity index (χ2v) is 7.37. The van der Waals surface area contributed by atoms with E-state index in [2.05, 4.69) is 6.92 Å². The average molecular weight is 257 g/mol. The van der Waals surface area contributed by atoms with Gasteiger partial charge in [0, 0.05) is 6.04 Å². The molecular formula is C12H19NOS2. The summed E-state index contributed by atoms with van der Waals surface area (Å²) in [5.41, 5.74) is 6.11. The van der Waals surface area contributed by atoms with Crippen molar-refractivity contribution in [2.24, 2.45) is 11.7 Å². The zero-order valence-corrected chi connectivity index (χ0v) is 11.2. The normalized spacial score (nSPS) is 32.5. The summed E-state index contributed by atoms with van der Waals surface area (Å²) >= 11 is 1.58. The maximum Gasteiger partial charge on any atom is 0.0914 e. The molecule has 1 aromatic heterocycles. The Morgan fingerprint density at radius 1 is 1.56 bits per heavy atom. The van der Waals surface area contributed by atoms with Crippen LogP contribution in [0, 0.1) is 5.92 Å². The molecule has 0 radical (unpaired) electrons. The van der Waals surface area contributed by atoms with Gasteiger partial charge in [0.2, 0.25) is 0 Å². The van der Waals surface area contributed by atoms with E-state index >= 15 is 0 Å². The maximum absolute atomic E-state index is 12.4. The van der Waals surface area contributed by atoms with Gasteiger partial charge in [-0.2, -0.15) is 0 Å².